The molecular weight excluding hydrogens is 441 g/mol. The molecule has 0 aliphatic heterocycles. The number of aromatic nitrogens is 1. The Balaban J connectivity index is 2.10. The van der Waals surface area contributed by atoms with E-state index in [-0.39, 0.29) is 16.9 Å². The van der Waals surface area contributed by atoms with Crippen molar-refractivity contribution in [2.45, 2.75) is 11.3 Å². The molecule has 0 unspecified atom stereocenters. The van der Waals surface area contributed by atoms with Crippen LogP contribution in [0.2, 0.25) is 0 Å². The Morgan fingerprint density at radius 3 is 2.21 bits per heavy atom. The second kappa shape index (κ2) is 7.26. The molecule has 1 aromatic heterocycles. The van der Waals surface area contributed by atoms with Gasteiger partial charge in [-0.25, -0.2) is 17.2 Å². The molecule has 0 atom stereocenters. The van der Waals surface area contributed by atoms with E-state index in [9.17, 15) is 35.2 Å². The van der Waals surface area contributed by atoms with Crippen molar-refractivity contribution in [3.8, 4) is 22.7 Å². The normalized spacial score (nSPS) is 12.2. The van der Waals surface area contributed by atoms with Crippen molar-refractivity contribution >= 4 is 21.2 Å². The van der Waals surface area contributed by atoms with Crippen molar-refractivity contribution in [3.63, 3.8) is 0 Å². The highest BCUT2D eigenvalue weighted by atomic mass is 32.2. The average Bonchev–Trinajstić information content (AvgIpc) is 2.96. The van der Waals surface area contributed by atoms with Gasteiger partial charge in [-0.1, -0.05) is 11.3 Å². The van der Waals surface area contributed by atoms with Gasteiger partial charge >= 0.3 is 11.2 Å². The van der Waals surface area contributed by atoms with Gasteiger partial charge in [0.2, 0.25) is 0 Å². The summed E-state index contributed by atoms with van der Waals surface area (Å²) < 4.78 is 93.3. The lowest BCUT2D eigenvalue weighted by Crippen LogP contribution is -2.17. The minimum absolute atomic E-state index is 0.0766. The summed E-state index contributed by atoms with van der Waals surface area (Å²) >= 11 is 0.648. The van der Waals surface area contributed by atoms with Gasteiger partial charge in [0, 0.05) is 17.2 Å². The van der Waals surface area contributed by atoms with Crippen molar-refractivity contribution < 1.29 is 35.1 Å². The molecule has 154 valence electrons. The molecule has 0 spiro atoms. The maximum absolute atomic E-state index is 14.5. The van der Waals surface area contributed by atoms with Crippen LogP contribution in [0.1, 0.15) is 0 Å². The summed E-state index contributed by atoms with van der Waals surface area (Å²) in [4.78, 5) is 10.8. The topological polar surface area (TPSA) is 65.4 Å². The number of ether oxygens (including phenoxy) is 1. The van der Waals surface area contributed by atoms with E-state index in [1.165, 1.54) is 5.38 Å². The summed E-state index contributed by atoms with van der Waals surface area (Å²) in [5.41, 5.74) is -0.405. The van der Waals surface area contributed by atoms with Gasteiger partial charge in [0.05, 0.1) is 11.4 Å². The zero-order chi connectivity index (χ0) is 21.6. The van der Waals surface area contributed by atoms with E-state index in [0.717, 1.165) is 35.1 Å². The molecule has 1 heterocycles. The summed E-state index contributed by atoms with van der Waals surface area (Å²) in [6.45, 7) is 0. The van der Waals surface area contributed by atoms with Gasteiger partial charge in [0.15, 0.2) is 9.84 Å². The molecule has 3 aromatic rings. The Kier molecular flexibility index (Phi) is 5.26. The molecule has 0 N–H and O–H groups in total. The molecule has 29 heavy (non-hydrogen) atoms. The van der Waals surface area contributed by atoms with Crippen LogP contribution in [0.4, 0.5) is 22.0 Å². The molecule has 12 heteroatoms. The van der Waals surface area contributed by atoms with E-state index in [2.05, 4.69) is 4.74 Å². The summed E-state index contributed by atoms with van der Waals surface area (Å²) in [5, 5.41) is 1.22. The number of halogens is 5. The van der Waals surface area contributed by atoms with E-state index in [1.54, 1.807) is 0 Å². The second-order valence-corrected chi connectivity index (χ2v) is 8.60. The molecule has 2 aromatic carbocycles. The summed E-state index contributed by atoms with van der Waals surface area (Å²) in [6.07, 6.45) is -4.18. The maximum atomic E-state index is 14.5. The van der Waals surface area contributed by atoms with Gasteiger partial charge < -0.3 is 4.74 Å². The minimum atomic E-state index is -4.89. The maximum Gasteiger partial charge on any atom is 0.573 e. The zero-order valence-electron chi connectivity index (χ0n) is 14.3. The van der Waals surface area contributed by atoms with Gasteiger partial charge in [-0.2, -0.15) is 0 Å². The number of hydrogen-bond acceptors (Lipinski definition) is 5. The predicted octanol–water partition coefficient (Wildman–Crippen LogP) is 4.15. The number of thiazole rings is 1. The zero-order valence-corrected chi connectivity index (χ0v) is 16.0. The van der Waals surface area contributed by atoms with Crippen LogP contribution in [0.3, 0.4) is 0 Å². The third kappa shape index (κ3) is 4.48. The van der Waals surface area contributed by atoms with Crippen LogP contribution in [-0.2, 0) is 9.84 Å². The first-order valence-corrected chi connectivity index (χ1v) is 10.4. The number of benzene rings is 2. The lowest BCUT2D eigenvalue weighted by Gasteiger charge is -2.12. The molecule has 0 aliphatic rings. The second-order valence-electron chi connectivity index (χ2n) is 5.80. The first-order valence-electron chi connectivity index (χ1n) is 7.63. The summed E-state index contributed by atoms with van der Waals surface area (Å²) in [6, 6.07) is 5.34. The highest BCUT2D eigenvalue weighted by molar-refractivity contribution is 7.90. The molecular formula is C17H10F5NO4S2. The number of rotatable bonds is 4. The van der Waals surface area contributed by atoms with E-state index >= 15 is 0 Å². The minimum Gasteiger partial charge on any atom is -0.406 e. The van der Waals surface area contributed by atoms with Crippen molar-refractivity contribution in [2.75, 3.05) is 6.26 Å². The van der Waals surface area contributed by atoms with E-state index in [0.29, 0.717) is 23.5 Å². The fraction of sp³-hybridized carbons (Fsp3) is 0.118. The Hall–Kier alpha value is -2.73. The predicted molar refractivity (Wildman–Crippen MR) is 95.1 cm³/mol. The molecule has 3 rings (SSSR count). The van der Waals surface area contributed by atoms with Crippen molar-refractivity contribution in [3.05, 3.63) is 63.1 Å². The van der Waals surface area contributed by atoms with E-state index < -0.39 is 43.4 Å². The lowest BCUT2D eigenvalue weighted by molar-refractivity contribution is -0.274. The molecule has 0 radical (unpaired) electrons. The first kappa shape index (κ1) is 21.0. The van der Waals surface area contributed by atoms with Crippen LogP contribution in [0.25, 0.3) is 16.9 Å². The van der Waals surface area contributed by atoms with Crippen LogP contribution in [0.5, 0.6) is 5.75 Å². The van der Waals surface area contributed by atoms with E-state index in [1.807, 2.05) is 0 Å². The standard InChI is InChI=1S/C17H10F5NO4S2/c1-29(25,26)15-7-12(18)11(6-13(15)19)14-8-28-16(24)23(14)9-2-4-10(5-3-9)27-17(20,21)22/h2-8H,1H3. The Bertz CT molecular complexity index is 1230. The van der Waals surface area contributed by atoms with Crippen LogP contribution in [-0.4, -0.2) is 25.6 Å². The molecule has 0 saturated carbocycles. The van der Waals surface area contributed by atoms with Gasteiger partial charge in [-0.3, -0.25) is 9.36 Å². The molecule has 0 bridgehead atoms. The molecule has 0 amide bonds. The number of hydrogen-bond donors (Lipinski definition) is 0. The third-order valence-electron chi connectivity index (χ3n) is 3.72. The monoisotopic (exact) mass is 451 g/mol. The third-order valence-corrected chi connectivity index (χ3v) is 5.56. The molecule has 0 aliphatic carbocycles. The van der Waals surface area contributed by atoms with Crippen LogP contribution in [0, 0.1) is 11.6 Å². The van der Waals surface area contributed by atoms with Gasteiger partial charge in [-0.05, 0) is 36.4 Å². The molecule has 0 fully saturated rings. The highest BCUT2D eigenvalue weighted by Crippen LogP contribution is 2.30. The summed E-state index contributed by atoms with van der Waals surface area (Å²) in [7, 11) is -4.02. The number of sulfone groups is 1. The molecule has 0 saturated heterocycles. The van der Waals surface area contributed by atoms with Gasteiger partial charge in [0.1, 0.15) is 22.3 Å². The number of nitrogens with zero attached hydrogens (tertiary/aromatic N) is 1. The fourth-order valence-electron chi connectivity index (χ4n) is 2.54. The highest BCUT2D eigenvalue weighted by Gasteiger charge is 2.31. The van der Waals surface area contributed by atoms with Gasteiger partial charge in [-0.15, -0.1) is 13.2 Å². The van der Waals surface area contributed by atoms with Crippen LogP contribution >= 0.6 is 11.3 Å². The quantitative estimate of drug-likeness (QED) is 0.560. The smallest absolute Gasteiger partial charge is 0.406 e. The fourth-order valence-corrected chi connectivity index (χ4v) is 4.03. The molecule has 5 nitrogen and oxygen atoms in total. The Morgan fingerprint density at radius 1 is 1.03 bits per heavy atom. The average molecular weight is 451 g/mol. The largest absolute Gasteiger partial charge is 0.573 e. The Labute approximate surface area is 164 Å². The van der Waals surface area contributed by atoms with Crippen molar-refractivity contribution in [2.24, 2.45) is 0 Å². The van der Waals surface area contributed by atoms with Crippen LogP contribution in [0.15, 0.2) is 51.5 Å². The Morgan fingerprint density at radius 2 is 1.66 bits per heavy atom. The van der Waals surface area contributed by atoms with Crippen LogP contribution < -0.4 is 9.61 Å². The van der Waals surface area contributed by atoms with Gasteiger partial charge in [0.25, 0.3) is 0 Å². The SMILES string of the molecule is CS(=O)(=O)c1cc(F)c(-c2csc(=O)n2-c2ccc(OC(F)(F)F)cc2)cc1F. The number of alkyl halides is 3. The summed E-state index contributed by atoms with van der Waals surface area (Å²) in [5.74, 6) is -2.82. The first-order chi connectivity index (χ1) is 13.4. The van der Waals surface area contributed by atoms with Crippen molar-refractivity contribution in [1.29, 1.82) is 0 Å². The van der Waals surface area contributed by atoms with E-state index in [4.69, 9.17) is 0 Å². The lowest BCUT2D eigenvalue weighted by atomic mass is 10.1. The van der Waals surface area contributed by atoms with Crippen molar-refractivity contribution in [1.82, 2.24) is 4.57 Å².